The summed E-state index contributed by atoms with van der Waals surface area (Å²) < 4.78 is 2.38. The van der Waals surface area contributed by atoms with Gasteiger partial charge < -0.3 is 4.90 Å². The van der Waals surface area contributed by atoms with Gasteiger partial charge in [0.25, 0.3) is 0 Å². The number of anilines is 1. The summed E-state index contributed by atoms with van der Waals surface area (Å²) in [5.74, 6) is 1.12. The zero-order chi connectivity index (χ0) is 11.8. The second-order valence-corrected chi connectivity index (χ2v) is 6.79. The van der Waals surface area contributed by atoms with E-state index in [0.29, 0.717) is 11.3 Å². The molecule has 0 bridgehead atoms. The smallest absolute Gasteiger partial charge is 0.228 e. The van der Waals surface area contributed by atoms with Gasteiger partial charge in [0.05, 0.1) is 0 Å². The molecule has 5 heteroatoms. The molecule has 2 aliphatic rings. The third-order valence-corrected chi connectivity index (χ3v) is 4.25. The lowest BCUT2D eigenvalue weighted by molar-refractivity contribution is 0.650. The highest BCUT2D eigenvalue weighted by Crippen LogP contribution is 2.41. The molecule has 2 heterocycles. The molecule has 0 unspecified atom stereocenters. The molecule has 1 aromatic heterocycles. The lowest BCUT2D eigenvalue weighted by Gasteiger charge is -2.18. The van der Waals surface area contributed by atoms with Crippen LogP contribution in [0.15, 0.2) is 5.16 Å². The molecule has 1 aliphatic carbocycles. The first-order chi connectivity index (χ1) is 8.25. The van der Waals surface area contributed by atoms with Crippen LogP contribution in [0.1, 0.15) is 45.6 Å². The van der Waals surface area contributed by atoms with Gasteiger partial charge in [0.2, 0.25) is 5.95 Å². The van der Waals surface area contributed by atoms with Crippen molar-refractivity contribution in [3.8, 4) is 0 Å². The molecule has 2 fully saturated rings. The van der Waals surface area contributed by atoms with Gasteiger partial charge in [-0.05, 0) is 25.7 Å². The second kappa shape index (κ2) is 4.52. The third kappa shape index (κ3) is 2.30. The van der Waals surface area contributed by atoms with Gasteiger partial charge in [0, 0.05) is 24.4 Å². The Morgan fingerprint density at radius 3 is 2.47 bits per heavy atom. The Labute approximate surface area is 107 Å². The zero-order valence-electron chi connectivity index (χ0n) is 10.6. The molecule has 17 heavy (non-hydrogen) atoms. The molecular weight excluding hydrogens is 232 g/mol. The van der Waals surface area contributed by atoms with Crippen molar-refractivity contribution in [2.24, 2.45) is 0 Å². The van der Waals surface area contributed by atoms with Gasteiger partial charge in [0.1, 0.15) is 0 Å². The van der Waals surface area contributed by atoms with Crippen molar-refractivity contribution in [2.45, 2.75) is 56.0 Å². The standard InChI is InChI=1S/C12H20N4S/c1-9(2)17-12-14-13-11(15-7-3-4-8-15)16(12)10-5-6-10/h9-10H,3-8H2,1-2H3. The Morgan fingerprint density at radius 1 is 1.18 bits per heavy atom. The number of hydrogen-bond donors (Lipinski definition) is 0. The summed E-state index contributed by atoms with van der Waals surface area (Å²) in [5, 5.41) is 10.5. The normalized spacial score (nSPS) is 20.5. The Hall–Kier alpha value is -0.710. The van der Waals surface area contributed by atoms with Crippen LogP contribution in [0.2, 0.25) is 0 Å². The van der Waals surface area contributed by atoms with E-state index in [-0.39, 0.29) is 0 Å². The SMILES string of the molecule is CC(C)Sc1nnc(N2CCCC2)n1C1CC1. The fourth-order valence-corrected chi connectivity index (χ4v) is 3.20. The molecule has 1 saturated heterocycles. The summed E-state index contributed by atoms with van der Waals surface area (Å²) in [4.78, 5) is 2.40. The first-order valence-corrected chi connectivity index (χ1v) is 7.50. The minimum atomic E-state index is 0.572. The van der Waals surface area contributed by atoms with Crippen molar-refractivity contribution in [1.29, 1.82) is 0 Å². The Bertz CT molecular complexity index is 391. The fourth-order valence-electron chi connectivity index (χ4n) is 2.35. The molecule has 0 spiro atoms. The van der Waals surface area contributed by atoms with E-state index in [0.717, 1.165) is 24.2 Å². The van der Waals surface area contributed by atoms with Crippen LogP contribution in [0.3, 0.4) is 0 Å². The van der Waals surface area contributed by atoms with Crippen LogP contribution >= 0.6 is 11.8 Å². The highest BCUT2D eigenvalue weighted by molar-refractivity contribution is 7.99. The highest BCUT2D eigenvalue weighted by Gasteiger charge is 2.32. The maximum atomic E-state index is 4.43. The summed E-state index contributed by atoms with van der Waals surface area (Å²) in [6.45, 7) is 6.73. The molecule has 0 aromatic carbocycles. The summed E-state index contributed by atoms with van der Waals surface area (Å²) in [5.41, 5.74) is 0. The molecule has 1 aliphatic heterocycles. The van der Waals surface area contributed by atoms with Crippen LogP contribution in [-0.4, -0.2) is 33.1 Å². The van der Waals surface area contributed by atoms with E-state index in [9.17, 15) is 0 Å². The monoisotopic (exact) mass is 252 g/mol. The van der Waals surface area contributed by atoms with Crippen LogP contribution in [0, 0.1) is 0 Å². The number of aromatic nitrogens is 3. The van der Waals surface area contributed by atoms with Gasteiger partial charge >= 0.3 is 0 Å². The molecule has 0 amide bonds. The number of rotatable bonds is 4. The molecule has 1 saturated carbocycles. The Morgan fingerprint density at radius 2 is 1.88 bits per heavy atom. The van der Waals surface area contributed by atoms with Crippen molar-refractivity contribution < 1.29 is 0 Å². The molecule has 3 rings (SSSR count). The lowest BCUT2D eigenvalue weighted by Crippen LogP contribution is -2.22. The summed E-state index contributed by atoms with van der Waals surface area (Å²) >= 11 is 1.84. The minimum absolute atomic E-state index is 0.572. The van der Waals surface area contributed by atoms with E-state index in [4.69, 9.17) is 0 Å². The average Bonchev–Trinajstić information content (AvgIpc) is 2.83. The van der Waals surface area contributed by atoms with Gasteiger partial charge in [-0.25, -0.2) is 0 Å². The molecule has 94 valence electrons. The van der Waals surface area contributed by atoms with Gasteiger partial charge in [-0.3, -0.25) is 4.57 Å². The van der Waals surface area contributed by atoms with Gasteiger partial charge in [0.15, 0.2) is 5.16 Å². The van der Waals surface area contributed by atoms with Crippen molar-refractivity contribution in [2.75, 3.05) is 18.0 Å². The van der Waals surface area contributed by atoms with Gasteiger partial charge in [-0.2, -0.15) is 0 Å². The van der Waals surface area contributed by atoms with Gasteiger partial charge in [-0.15, -0.1) is 10.2 Å². The molecular formula is C12H20N4S. The Kier molecular flexibility index (Phi) is 3.03. The summed E-state index contributed by atoms with van der Waals surface area (Å²) in [6.07, 6.45) is 5.18. The largest absolute Gasteiger partial charge is 0.341 e. The van der Waals surface area contributed by atoms with Crippen molar-refractivity contribution in [3.05, 3.63) is 0 Å². The lowest BCUT2D eigenvalue weighted by atomic mass is 10.4. The average molecular weight is 252 g/mol. The van der Waals surface area contributed by atoms with E-state index < -0.39 is 0 Å². The van der Waals surface area contributed by atoms with Crippen molar-refractivity contribution in [3.63, 3.8) is 0 Å². The zero-order valence-corrected chi connectivity index (χ0v) is 11.4. The van der Waals surface area contributed by atoms with E-state index in [1.807, 2.05) is 11.8 Å². The summed E-state index contributed by atoms with van der Waals surface area (Å²) in [6, 6.07) is 0.668. The minimum Gasteiger partial charge on any atom is -0.341 e. The maximum absolute atomic E-state index is 4.43. The van der Waals surface area contributed by atoms with E-state index >= 15 is 0 Å². The quantitative estimate of drug-likeness (QED) is 0.772. The predicted molar refractivity (Wildman–Crippen MR) is 70.7 cm³/mol. The number of hydrogen-bond acceptors (Lipinski definition) is 4. The van der Waals surface area contributed by atoms with Crippen LogP contribution in [-0.2, 0) is 0 Å². The molecule has 4 nitrogen and oxygen atoms in total. The molecule has 0 atom stereocenters. The fraction of sp³-hybridized carbons (Fsp3) is 0.833. The van der Waals surface area contributed by atoms with E-state index in [2.05, 4.69) is 33.5 Å². The predicted octanol–water partition coefficient (Wildman–Crippen LogP) is 2.71. The number of nitrogens with zero attached hydrogens (tertiary/aromatic N) is 4. The molecule has 1 aromatic rings. The third-order valence-electron chi connectivity index (χ3n) is 3.29. The summed E-state index contributed by atoms with van der Waals surface area (Å²) in [7, 11) is 0. The first-order valence-electron chi connectivity index (χ1n) is 6.62. The van der Waals surface area contributed by atoms with Crippen molar-refractivity contribution in [1.82, 2.24) is 14.8 Å². The maximum Gasteiger partial charge on any atom is 0.228 e. The van der Waals surface area contributed by atoms with Crippen molar-refractivity contribution >= 4 is 17.7 Å². The van der Waals surface area contributed by atoms with E-state index in [1.165, 1.54) is 25.7 Å². The first kappa shape index (κ1) is 11.4. The van der Waals surface area contributed by atoms with Crippen LogP contribution in [0.25, 0.3) is 0 Å². The van der Waals surface area contributed by atoms with Crippen LogP contribution in [0.5, 0.6) is 0 Å². The number of thioether (sulfide) groups is 1. The van der Waals surface area contributed by atoms with Crippen LogP contribution in [0.4, 0.5) is 5.95 Å². The van der Waals surface area contributed by atoms with E-state index in [1.54, 1.807) is 0 Å². The molecule has 0 radical (unpaired) electrons. The topological polar surface area (TPSA) is 34.0 Å². The highest BCUT2D eigenvalue weighted by atomic mass is 32.2. The Balaban J connectivity index is 1.89. The van der Waals surface area contributed by atoms with Crippen LogP contribution < -0.4 is 4.90 Å². The molecule has 0 N–H and O–H groups in total. The second-order valence-electron chi connectivity index (χ2n) is 5.24. The van der Waals surface area contributed by atoms with Gasteiger partial charge in [-0.1, -0.05) is 25.6 Å².